The quantitative estimate of drug-likeness (QED) is 0.514. The first kappa shape index (κ1) is 14.8. The first-order valence-corrected chi connectivity index (χ1v) is 7.69. The Morgan fingerprint density at radius 3 is 2.36 bits per heavy atom. The SMILES string of the molecule is O=[N+]([O-])c1ccc(N2C(c3ccccc3)SCC2(O)O)cc1. The smallest absolute Gasteiger partial charge is 0.269 e. The van der Waals surface area contributed by atoms with Gasteiger partial charge in [-0.1, -0.05) is 30.3 Å². The molecule has 0 amide bonds. The first-order valence-electron chi connectivity index (χ1n) is 6.64. The van der Waals surface area contributed by atoms with Gasteiger partial charge in [0.2, 0.25) is 0 Å². The molecule has 1 atom stereocenters. The van der Waals surface area contributed by atoms with Crippen molar-refractivity contribution in [2.75, 3.05) is 10.7 Å². The molecule has 0 spiro atoms. The van der Waals surface area contributed by atoms with Crippen LogP contribution in [0.1, 0.15) is 10.9 Å². The molecule has 2 N–H and O–H groups in total. The third-order valence-corrected chi connectivity index (χ3v) is 4.83. The second kappa shape index (κ2) is 5.60. The second-order valence-corrected chi connectivity index (χ2v) is 6.06. The zero-order chi connectivity index (χ0) is 15.7. The number of thioether (sulfide) groups is 1. The monoisotopic (exact) mass is 318 g/mol. The highest BCUT2D eigenvalue weighted by atomic mass is 32.2. The summed E-state index contributed by atoms with van der Waals surface area (Å²) in [4.78, 5) is 11.7. The van der Waals surface area contributed by atoms with Gasteiger partial charge in [-0.15, -0.1) is 11.8 Å². The number of benzene rings is 2. The summed E-state index contributed by atoms with van der Waals surface area (Å²) in [5.41, 5.74) is 1.43. The lowest BCUT2D eigenvalue weighted by Gasteiger charge is -2.33. The molecule has 1 heterocycles. The molecule has 7 heteroatoms. The number of nitro groups is 1. The van der Waals surface area contributed by atoms with E-state index in [4.69, 9.17) is 0 Å². The molecule has 1 aliphatic heterocycles. The van der Waals surface area contributed by atoms with E-state index in [1.807, 2.05) is 30.3 Å². The highest BCUT2D eigenvalue weighted by Gasteiger charge is 2.45. The maximum absolute atomic E-state index is 10.7. The van der Waals surface area contributed by atoms with Gasteiger partial charge in [0, 0.05) is 17.8 Å². The molecule has 1 fully saturated rings. The molecule has 1 aliphatic rings. The molecule has 1 saturated heterocycles. The van der Waals surface area contributed by atoms with Gasteiger partial charge in [0.25, 0.3) is 11.6 Å². The van der Waals surface area contributed by atoms with E-state index in [2.05, 4.69) is 0 Å². The number of non-ortho nitro benzene ring substituents is 1. The van der Waals surface area contributed by atoms with Crippen molar-refractivity contribution in [1.82, 2.24) is 0 Å². The fourth-order valence-electron chi connectivity index (χ4n) is 2.46. The maximum atomic E-state index is 10.7. The van der Waals surface area contributed by atoms with Crippen LogP contribution in [-0.2, 0) is 0 Å². The molecule has 0 radical (unpaired) electrons. The summed E-state index contributed by atoms with van der Waals surface area (Å²) in [5.74, 6) is -1.87. The average Bonchev–Trinajstić information content (AvgIpc) is 2.83. The Bertz CT molecular complexity index is 676. The van der Waals surface area contributed by atoms with E-state index in [1.165, 1.54) is 40.9 Å². The van der Waals surface area contributed by atoms with Crippen molar-refractivity contribution in [3.63, 3.8) is 0 Å². The summed E-state index contributed by atoms with van der Waals surface area (Å²) in [7, 11) is 0. The summed E-state index contributed by atoms with van der Waals surface area (Å²) in [6.45, 7) is 0. The minimum Gasteiger partial charge on any atom is -0.348 e. The highest BCUT2D eigenvalue weighted by Crippen LogP contribution is 2.47. The van der Waals surface area contributed by atoms with Crippen molar-refractivity contribution in [3.8, 4) is 0 Å². The zero-order valence-corrected chi connectivity index (χ0v) is 12.3. The summed E-state index contributed by atoms with van der Waals surface area (Å²) < 4.78 is 0. The van der Waals surface area contributed by atoms with Crippen LogP contribution in [0.4, 0.5) is 11.4 Å². The zero-order valence-electron chi connectivity index (χ0n) is 11.5. The molecular weight excluding hydrogens is 304 g/mol. The Morgan fingerprint density at radius 2 is 1.77 bits per heavy atom. The molecule has 3 rings (SSSR count). The molecule has 114 valence electrons. The lowest BCUT2D eigenvalue weighted by atomic mass is 10.1. The molecule has 1 unspecified atom stereocenters. The van der Waals surface area contributed by atoms with E-state index >= 15 is 0 Å². The Labute approximate surface area is 131 Å². The van der Waals surface area contributed by atoms with Crippen molar-refractivity contribution in [2.24, 2.45) is 0 Å². The molecule has 6 nitrogen and oxygen atoms in total. The molecular formula is C15H14N2O4S. The van der Waals surface area contributed by atoms with Crippen molar-refractivity contribution in [1.29, 1.82) is 0 Å². The molecule has 2 aromatic carbocycles. The second-order valence-electron chi connectivity index (χ2n) is 4.99. The number of nitrogens with zero attached hydrogens (tertiary/aromatic N) is 2. The summed E-state index contributed by atoms with van der Waals surface area (Å²) in [5, 5.41) is 31.0. The van der Waals surface area contributed by atoms with Crippen LogP contribution in [0.2, 0.25) is 0 Å². The van der Waals surface area contributed by atoms with E-state index in [0.29, 0.717) is 5.69 Å². The lowest BCUT2D eigenvalue weighted by Crippen LogP contribution is -2.46. The van der Waals surface area contributed by atoms with Gasteiger partial charge in [0.15, 0.2) is 0 Å². The maximum Gasteiger partial charge on any atom is 0.269 e. The Kier molecular flexibility index (Phi) is 3.78. The van der Waals surface area contributed by atoms with E-state index in [1.54, 1.807) is 0 Å². The van der Waals surface area contributed by atoms with E-state index < -0.39 is 10.8 Å². The molecule has 2 aromatic rings. The topological polar surface area (TPSA) is 86.8 Å². The van der Waals surface area contributed by atoms with Gasteiger partial charge in [-0.2, -0.15) is 0 Å². The predicted octanol–water partition coefficient (Wildman–Crippen LogP) is 2.49. The van der Waals surface area contributed by atoms with Gasteiger partial charge >= 0.3 is 0 Å². The van der Waals surface area contributed by atoms with Crippen LogP contribution in [-0.4, -0.2) is 26.8 Å². The lowest BCUT2D eigenvalue weighted by molar-refractivity contribution is -0.384. The summed E-state index contributed by atoms with van der Waals surface area (Å²) >= 11 is 1.41. The number of anilines is 1. The van der Waals surface area contributed by atoms with Crippen molar-refractivity contribution >= 4 is 23.1 Å². The number of rotatable bonds is 3. The Hall–Kier alpha value is -2.09. The van der Waals surface area contributed by atoms with Crippen LogP contribution < -0.4 is 4.90 Å². The molecule has 0 saturated carbocycles. The molecule has 0 bridgehead atoms. The normalized spacial score (nSPS) is 20.1. The number of hydrogen-bond acceptors (Lipinski definition) is 6. The standard InChI is InChI=1S/C15H14N2O4S/c18-15(19)10-22-14(11-4-2-1-3-5-11)16(15)12-6-8-13(9-7-12)17(20)21/h1-9,14,18-19H,10H2. The molecule has 22 heavy (non-hydrogen) atoms. The van der Waals surface area contributed by atoms with Crippen molar-refractivity contribution in [2.45, 2.75) is 11.3 Å². The average molecular weight is 318 g/mol. The van der Waals surface area contributed by atoms with Crippen molar-refractivity contribution < 1.29 is 15.1 Å². The molecule has 0 aliphatic carbocycles. The van der Waals surface area contributed by atoms with Gasteiger partial charge < -0.3 is 15.1 Å². The van der Waals surface area contributed by atoms with Crippen molar-refractivity contribution in [3.05, 3.63) is 70.3 Å². The summed E-state index contributed by atoms with van der Waals surface area (Å²) in [6, 6.07) is 15.3. The fourth-order valence-corrected chi connectivity index (χ4v) is 3.77. The van der Waals surface area contributed by atoms with Crippen LogP contribution in [0, 0.1) is 10.1 Å². The summed E-state index contributed by atoms with van der Waals surface area (Å²) in [6.07, 6.45) is 0. The third-order valence-electron chi connectivity index (χ3n) is 3.48. The number of nitro benzene ring substituents is 1. The fraction of sp³-hybridized carbons (Fsp3) is 0.200. The van der Waals surface area contributed by atoms with Gasteiger partial charge in [-0.3, -0.25) is 10.1 Å². The largest absolute Gasteiger partial charge is 0.348 e. The minimum atomic E-state index is -2.00. The van der Waals surface area contributed by atoms with Crippen LogP contribution in [0.5, 0.6) is 0 Å². The molecule has 0 aromatic heterocycles. The number of hydrogen-bond donors (Lipinski definition) is 2. The van der Waals surface area contributed by atoms with E-state index in [0.717, 1.165) is 5.56 Å². The Balaban J connectivity index is 1.98. The van der Waals surface area contributed by atoms with Crippen LogP contribution in [0.15, 0.2) is 54.6 Å². The van der Waals surface area contributed by atoms with Gasteiger partial charge in [0.1, 0.15) is 5.37 Å². The van der Waals surface area contributed by atoms with E-state index in [-0.39, 0.29) is 16.8 Å². The van der Waals surface area contributed by atoms with Crippen LogP contribution in [0.25, 0.3) is 0 Å². The number of aliphatic hydroxyl groups is 2. The van der Waals surface area contributed by atoms with Gasteiger partial charge in [-0.05, 0) is 17.7 Å². The third kappa shape index (κ3) is 2.66. The predicted molar refractivity (Wildman–Crippen MR) is 84.4 cm³/mol. The van der Waals surface area contributed by atoms with Crippen LogP contribution in [0.3, 0.4) is 0 Å². The van der Waals surface area contributed by atoms with Gasteiger partial charge in [-0.25, -0.2) is 0 Å². The van der Waals surface area contributed by atoms with Gasteiger partial charge in [0.05, 0.1) is 10.7 Å². The Morgan fingerprint density at radius 1 is 1.14 bits per heavy atom. The minimum absolute atomic E-state index is 0.0339. The first-order chi connectivity index (χ1) is 10.5. The van der Waals surface area contributed by atoms with Crippen LogP contribution >= 0.6 is 11.8 Å². The highest BCUT2D eigenvalue weighted by molar-refractivity contribution is 8.00. The van der Waals surface area contributed by atoms with E-state index in [9.17, 15) is 20.3 Å².